The monoisotopic (exact) mass is 602 g/mol. The van der Waals surface area contributed by atoms with Crippen molar-refractivity contribution in [2.75, 3.05) is 0 Å². The summed E-state index contributed by atoms with van der Waals surface area (Å²) in [5, 5.41) is 0. The minimum Gasteiger partial charge on any atom is -0.410 e. The van der Waals surface area contributed by atoms with E-state index in [9.17, 15) is 0 Å². The molecule has 14 heteroatoms. The molecule has 0 amide bonds. The van der Waals surface area contributed by atoms with Crippen molar-refractivity contribution in [3.8, 4) is 0 Å². The van der Waals surface area contributed by atoms with Crippen molar-refractivity contribution in [2.24, 2.45) is 0 Å². The van der Waals surface area contributed by atoms with Crippen molar-refractivity contribution >= 4 is 59.9 Å². The van der Waals surface area contributed by atoms with E-state index in [1.165, 1.54) is 0 Å². The summed E-state index contributed by atoms with van der Waals surface area (Å²) in [6, 6.07) is 0. The van der Waals surface area contributed by atoms with Crippen LogP contribution in [0, 0.1) is 0 Å². The average Bonchev–Trinajstić information content (AvgIpc) is 2.77. The van der Waals surface area contributed by atoms with Crippen molar-refractivity contribution in [1.29, 1.82) is 0 Å². The lowest BCUT2D eigenvalue weighted by molar-refractivity contribution is 0.248. The Balaban J connectivity index is 0.000000365. The number of hydrogen-bond donors (Lipinski definition) is 0. The third-order valence-corrected chi connectivity index (χ3v) is 33.3. The molecule has 0 saturated carbocycles. The molecule has 196 valence electrons. The van der Waals surface area contributed by atoms with E-state index in [4.69, 9.17) is 28.8 Å². The average molecular weight is 603 g/mol. The first kappa shape index (κ1) is 32.4. The van der Waals surface area contributed by atoms with Gasteiger partial charge in [-0.15, -0.1) is 46.1 Å². The fraction of sp³-hybridized carbons (Fsp3) is 0.333. The molecule has 2 fully saturated rings. The zero-order valence-electron chi connectivity index (χ0n) is 22.3. The van der Waals surface area contributed by atoms with E-state index in [0.717, 1.165) is 0 Å². The predicted octanol–water partition coefficient (Wildman–Crippen LogP) is 5.70. The Morgan fingerprint density at radius 1 is 0.286 bits per heavy atom. The molecule has 7 nitrogen and oxygen atoms in total. The van der Waals surface area contributed by atoms with Crippen LogP contribution < -0.4 is 0 Å². The third-order valence-electron chi connectivity index (χ3n) is 5.43. The minimum atomic E-state index is -2.60. The molecule has 0 radical (unpaired) electrons. The minimum absolute atomic E-state index is 1.75. The largest absolute Gasteiger partial charge is 0.410 e. The van der Waals surface area contributed by atoms with Gasteiger partial charge in [0.05, 0.1) is 0 Å². The van der Waals surface area contributed by atoms with Gasteiger partial charge in [0.25, 0.3) is 0 Å². The van der Waals surface area contributed by atoms with Gasteiger partial charge in [0.2, 0.25) is 0 Å². The molecule has 0 aromatic carbocycles. The van der Waals surface area contributed by atoms with Gasteiger partial charge in [-0.1, -0.05) is 39.9 Å². The first-order chi connectivity index (χ1) is 15.9. The Labute approximate surface area is 219 Å². The fourth-order valence-corrected chi connectivity index (χ4v) is 34.5. The molecule has 0 bridgehead atoms. The van der Waals surface area contributed by atoms with Crippen LogP contribution in [0.15, 0.2) is 85.9 Å². The van der Waals surface area contributed by atoms with E-state index in [-0.39, 0.29) is 0 Å². The standard InChI is InChI=1S/C12H24O4Si4.C9H18O3Si3/c1-9-17(5)13-18(6,10-2)15-20(8,12-4)16-19(7,11-3)14-17;1-7-13(4)10-14(5,8-2)12-15(6,9-3)11-13/h9-12H,1-4H2,5-8H3;7-9H,1-3H2,4-6H3. The Kier molecular flexibility index (Phi) is 10.6. The van der Waals surface area contributed by atoms with E-state index < -0.39 is 59.9 Å². The smallest absolute Gasteiger partial charge is 0.344 e. The van der Waals surface area contributed by atoms with Gasteiger partial charge in [0, 0.05) is 0 Å². The summed E-state index contributed by atoms with van der Waals surface area (Å²) in [6.45, 7) is 40.5. The predicted molar refractivity (Wildman–Crippen MR) is 160 cm³/mol. The summed E-state index contributed by atoms with van der Waals surface area (Å²) in [6.07, 6.45) is 0. The fourth-order valence-electron chi connectivity index (χ4n) is 3.55. The second-order valence-corrected chi connectivity index (χ2v) is 32.1. The molecule has 35 heavy (non-hydrogen) atoms. The molecule has 0 N–H and O–H groups in total. The van der Waals surface area contributed by atoms with Gasteiger partial charge in [0.1, 0.15) is 0 Å². The maximum Gasteiger partial charge on any atom is 0.344 e. The second-order valence-electron chi connectivity index (χ2n) is 9.26. The second kappa shape index (κ2) is 11.4. The number of rotatable bonds is 7. The molecule has 0 aromatic rings. The highest BCUT2D eigenvalue weighted by atomic mass is 28.5. The van der Waals surface area contributed by atoms with Crippen molar-refractivity contribution in [3.05, 3.63) is 85.9 Å². The van der Waals surface area contributed by atoms with Crippen molar-refractivity contribution in [3.63, 3.8) is 0 Å². The van der Waals surface area contributed by atoms with E-state index in [1.807, 2.05) is 45.8 Å². The van der Waals surface area contributed by atoms with Crippen LogP contribution in [0.25, 0.3) is 0 Å². The van der Waals surface area contributed by atoms with Gasteiger partial charge in [-0.3, -0.25) is 0 Å². The lowest BCUT2D eigenvalue weighted by atomic mass is 11.3. The van der Waals surface area contributed by atoms with Crippen molar-refractivity contribution in [2.45, 2.75) is 45.8 Å². The van der Waals surface area contributed by atoms with Crippen LogP contribution in [0.4, 0.5) is 0 Å². The molecular weight excluding hydrogens is 561 g/mol. The molecule has 0 aliphatic carbocycles. The molecule has 2 heterocycles. The first-order valence-electron chi connectivity index (χ1n) is 11.2. The van der Waals surface area contributed by atoms with Gasteiger partial charge < -0.3 is 28.8 Å². The Bertz CT molecular complexity index is 737. The molecule has 2 aliphatic rings. The van der Waals surface area contributed by atoms with Gasteiger partial charge >= 0.3 is 59.9 Å². The zero-order valence-corrected chi connectivity index (χ0v) is 29.3. The third kappa shape index (κ3) is 8.47. The van der Waals surface area contributed by atoms with Crippen LogP contribution >= 0.6 is 0 Å². The van der Waals surface area contributed by atoms with Gasteiger partial charge in [-0.05, 0) is 45.8 Å². The lowest BCUT2D eigenvalue weighted by Gasteiger charge is -2.46. The highest BCUT2D eigenvalue weighted by Gasteiger charge is 2.54. The van der Waals surface area contributed by atoms with E-state index in [1.54, 1.807) is 39.9 Å². The lowest BCUT2D eigenvalue weighted by Crippen LogP contribution is -2.65. The molecule has 0 aromatic heterocycles. The van der Waals surface area contributed by atoms with Crippen molar-refractivity contribution in [1.82, 2.24) is 0 Å². The van der Waals surface area contributed by atoms with Crippen LogP contribution in [0.1, 0.15) is 0 Å². The topological polar surface area (TPSA) is 64.6 Å². The first-order valence-corrected chi connectivity index (χ1v) is 28.0. The maximum atomic E-state index is 6.25. The summed E-state index contributed by atoms with van der Waals surface area (Å²) in [4.78, 5) is 0. The van der Waals surface area contributed by atoms with E-state index in [0.29, 0.717) is 0 Å². The Morgan fingerprint density at radius 2 is 0.371 bits per heavy atom. The zero-order chi connectivity index (χ0) is 27.4. The summed E-state index contributed by atoms with van der Waals surface area (Å²) in [5.41, 5.74) is 12.4. The number of hydrogen-bond acceptors (Lipinski definition) is 7. The highest BCUT2D eigenvalue weighted by Crippen LogP contribution is 2.33. The molecule has 0 unspecified atom stereocenters. The van der Waals surface area contributed by atoms with E-state index >= 15 is 0 Å². The van der Waals surface area contributed by atoms with E-state index in [2.05, 4.69) is 46.1 Å². The van der Waals surface area contributed by atoms with Crippen LogP contribution in [0.3, 0.4) is 0 Å². The van der Waals surface area contributed by atoms with Gasteiger partial charge in [-0.25, -0.2) is 0 Å². The van der Waals surface area contributed by atoms with Gasteiger partial charge in [0.15, 0.2) is 0 Å². The van der Waals surface area contributed by atoms with Crippen LogP contribution in [-0.2, 0) is 28.8 Å². The summed E-state index contributed by atoms with van der Waals surface area (Å²) in [5.74, 6) is 0. The van der Waals surface area contributed by atoms with Crippen LogP contribution in [-0.4, -0.2) is 59.9 Å². The molecule has 0 atom stereocenters. The highest BCUT2D eigenvalue weighted by molar-refractivity contribution is 6.99. The summed E-state index contributed by atoms with van der Waals surface area (Å²) < 4.78 is 42.8. The summed E-state index contributed by atoms with van der Waals surface area (Å²) in [7, 11) is -17.3. The Hall–Kier alpha value is -0.582. The molecule has 2 aliphatic heterocycles. The molecule has 0 spiro atoms. The quantitative estimate of drug-likeness (QED) is 0.347. The van der Waals surface area contributed by atoms with Gasteiger partial charge in [-0.2, -0.15) is 0 Å². The normalized spacial score (nSPS) is 45.8. The molecule has 2 rings (SSSR count). The molecular formula is C21H42O7Si7. The molecule has 2 saturated heterocycles. The van der Waals surface area contributed by atoms with Crippen LogP contribution in [0.2, 0.25) is 45.8 Å². The van der Waals surface area contributed by atoms with Crippen molar-refractivity contribution < 1.29 is 28.8 Å². The Morgan fingerprint density at radius 3 is 0.429 bits per heavy atom. The van der Waals surface area contributed by atoms with Crippen LogP contribution in [0.5, 0.6) is 0 Å². The SMILES string of the molecule is C=C[Si]1(C)O[Si](C)(C=C)O[Si](C)(C=C)O1.C=C[Si]1(C)O[Si](C)(C=C)O[Si](C)(C=C)O[Si](C)(C=C)O1. The maximum absolute atomic E-state index is 6.25. The summed E-state index contributed by atoms with van der Waals surface area (Å²) >= 11 is 0.